The summed E-state index contributed by atoms with van der Waals surface area (Å²) in [6.07, 6.45) is 1.91. The van der Waals surface area contributed by atoms with Crippen LogP contribution in [-0.2, 0) is 6.54 Å². The first kappa shape index (κ1) is 15.3. The van der Waals surface area contributed by atoms with Gasteiger partial charge in [-0.25, -0.2) is 0 Å². The Kier molecular flexibility index (Phi) is 5.06. The van der Waals surface area contributed by atoms with Gasteiger partial charge in [0.25, 0.3) is 0 Å². The smallest absolute Gasteiger partial charge is 0.118 e. The molecule has 2 rings (SSSR count). The van der Waals surface area contributed by atoms with Gasteiger partial charge in [-0.1, -0.05) is 26.0 Å². The van der Waals surface area contributed by atoms with E-state index in [-0.39, 0.29) is 12.1 Å². The van der Waals surface area contributed by atoms with Crippen LogP contribution in [0.3, 0.4) is 0 Å². The van der Waals surface area contributed by atoms with Crippen LogP contribution in [0.4, 0.5) is 0 Å². The molecule has 112 valence electrons. The lowest BCUT2D eigenvalue weighted by molar-refractivity contribution is -0.0170. The van der Waals surface area contributed by atoms with Gasteiger partial charge in [0.1, 0.15) is 5.75 Å². The molecule has 0 bridgehead atoms. The minimum Gasteiger partial charge on any atom is -0.497 e. The van der Waals surface area contributed by atoms with E-state index in [4.69, 9.17) is 4.74 Å². The van der Waals surface area contributed by atoms with E-state index in [9.17, 15) is 5.11 Å². The Hall–Kier alpha value is -1.06. The molecule has 1 saturated carbocycles. The van der Waals surface area contributed by atoms with Crippen molar-refractivity contribution in [2.45, 2.75) is 45.4 Å². The fourth-order valence-corrected chi connectivity index (χ4v) is 3.65. The molecule has 1 aromatic rings. The maximum atomic E-state index is 10.4. The molecule has 1 aromatic carbocycles. The number of hydrogen-bond acceptors (Lipinski definition) is 3. The van der Waals surface area contributed by atoms with Crippen molar-refractivity contribution in [3.63, 3.8) is 0 Å². The molecule has 4 unspecified atom stereocenters. The van der Waals surface area contributed by atoms with Crippen LogP contribution in [0, 0.1) is 11.8 Å². The van der Waals surface area contributed by atoms with Gasteiger partial charge in [-0.3, -0.25) is 4.90 Å². The zero-order valence-electron chi connectivity index (χ0n) is 13.0. The Morgan fingerprint density at radius 3 is 2.40 bits per heavy atom. The second kappa shape index (κ2) is 6.59. The van der Waals surface area contributed by atoms with Crippen LogP contribution < -0.4 is 4.74 Å². The maximum Gasteiger partial charge on any atom is 0.118 e. The summed E-state index contributed by atoms with van der Waals surface area (Å²) in [5.74, 6) is 2.05. The van der Waals surface area contributed by atoms with Crippen LogP contribution in [0.25, 0.3) is 0 Å². The van der Waals surface area contributed by atoms with Crippen LogP contribution >= 0.6 is 0 Å². The van der Waals surface area contributed by atoms with Crippen molar-refractivity contribution in [2.75, 3.05) is 14.2 Å². The highest BCUT2D eigenvalue weighted by molar-refractivity contribution is 5.27. The third kappa shape index (κ3) is 3.53. The van der Waals surface area contributed by atoms with Gasteiger partial charge in [0.05, 0.1) is 13.2 Å². The molecule has 1 aliphatic rings. The van der Waals surface area contributed by atoms with Crippen molar-refractivity contribution in [1.82, 2.24) is 4.90 Å². The lowest BCUT2D eigenvalue weighted by Gasteiger charge is -2.42. The predicted octanol–water partition coefficient (Wildman–Crippen LogP) is 2.92. The van der Waals surface area contributed by atoms with E-state index in [1.807, 2.05) is 12.1 Å². The summed E-state index contributed by atoms with van der Waals surface area (Å²) in [4.78, 5) is 2.29. The van der Waals surface area contributed by atoms with Crippen molar-refractivity contribution in [1.29, 1.82) is 0 Å². The first-order chi connectivity index (χ1) is 9.51. The maximum absolute atomic E-state index is 10.4. The summed E-state index contributed by atoms with van der Waals surface area (Å²) in [5.41, 5.74) is 1.26. The van der Waals surface area contributed by atoms with E-state index in [1.54, 1.807) is 7.11 Å². The number of methoxy groups -OCH3 is 1. The fourth-order valence-electron chi connectivity index (χ4n) is 3.65. The van der Waals surface area contributed by atoms with Gasteiger partial charge in [0.2, 0.25) is 0 Å². The average Bonchev–Trinajstić information content (AvgIpc) is 2.38. The van der Waals surface area contributed by atoms with Gasteiger partial charge in [-0.05, 0) is 49.4 Å². The summed E-state index contributed by atoms with van der Waals surface area (Å²) in [6, 6.07) is 8.43. The van der Waals surface area contributed by atoms with Gasteiger partial charge in [-0.2, -0.15) is 0 Å². The lowest BCUT2D eigenvalue weighted by atomic mass is 9.77. The molecule has 0 saturated heterocycles. The first-order valence-electron chi connectivity index (χ1n) is 7.52. The summed E-state index contributed by atoms with van der Waals surface area (Å²) < 4.78 is 5.18. The summed E-state index contributed by atoms with van der Waals surface area (Å²) in [6.45, 7) is 5.36. The van der Waals surface area contributed by atoms with E-state index in [2.05, 4.69) is 37.9 Å². The molecule has 0 amide bonds. The number of aliphatic hydroxyl groups is 1. The third-order valence-corrected chi connectivity index (χ3v) is 4.50. The number of hydrogen-bond donors (Lipinski definition) is 1. The van der Waals surface area contributed by atoms with Crippen molar-refractivity contribution in [3.8, 4) is 5.75 Å². The number of benzene rings is 1. The number of aliphatic hydroxyl groups excluding tert-OH is 1. The van der Waals surface area contributed by atoms with Crippen LogP contribution in [-0.4, -0.2) is 36.3 Å². The van der Waals surface area contributed by atoms with Crippen LogP contribution in [0.1, 0.15) is 32.3 Å². The second-order valence-electron chi connectivity index (χ2n) is 6.37. The third-order valence-electron chi connectivity index (χ3n) is 4.50. The Morgan fingerprint density at radius 2 is 1.85 bits per heavy atom. The largest absolute Gasteiger partial charge is 0.497 e. The van der Waals surface area contributed by atoms with Crippen molar-refractivity contribution >= 4 is 0 Å². The minimum atomic E-state index is -0.211. The zero-order valence-corrected chi connectivity index (χ0v) is 13.0. The summed E-state index contributed by atoms with van der Waals surface area (Å²) >= 11 is 0. The number of ether oxygens (including phenoxy) is 1. The molecule has 1 aliphatic carbocycles. The van der Waals surface area contributed by atoms with Crippen molar-refractivity contribution in [2.24, 2.45) is 11.8 Å². The predicted molar refractivity (Wildman–Crippen MR) is 81.8 cm³/mol. The second-order valence-corrected chi connectivity index (χ2v) is 6.37. The molecule has 20 heavy (non-hydrogen) atoms. The van der Waals surface area contributed by atoms with E-state index in [0.29, 0.717) is 11.8 Å². The molecule has 1 fully saturated rings. The van der Waals surface area contributed by atoms with E-state index in [0.717, 1.165) is 18.7 Å². The van der Waals surface area contributed by atoms with Crippen LogP contribution in [0.15, 0.2) is 24.3 Å². The van der Waals surface area contributed by atoms with E-state index in [1.165, 1.54) is 12.0 Å². The topological polar surface area (TPSA) is 32.7 Å². The van der Waals surface area contributed by atoms with E-state index >= 15 is 0 Å². The molecule has 0 aliphatic heterocycles. The molecular weight excluding hydrogens is 250 g/mol. The standard InChI is InChI=1S/C17H27NO2/c1-12-9-13(2)17(16(19)10-12)18(3)11-14-5-7-15(20-4)8-6-14/h5-8,12-13,16-17,19H,9-11H2,1-4H3. The highest BCUT2D eigenvalue weighted by atomic mass is 16.5. The molecule has 1 N–H and O–H groups in total. The molecule has 0 spiro atoms. The molecule has 0 aromatic heterocycles. The summed E-state index contributed by atoms with van der Waals surface area (Å²) in [5, 5.41) is 10.4. The Morgan fingerprint density at radius 1 is 1.20 bits per heavy atom. The van der Waals surface area contributed by atoms with Gasteiger partial charge in [0.15, 0.2) is 0 Å². The average molecular weight is 277 g/mol. The highest BCUT2D eigenvalue weighted by Gasteiger charge is 2.35. The fraction of sp³-hybridized carbons (Fsp3) is 0.647. The molecule has 3 heteroatoms. The monoisotopic (exact) mass is 277 g/mol. The molecule has 3 nitrogen and oxygen atoms in total. The van der Waals surface area contributed by atoms with Gasteiger partial charge in [-0.15, -0.1) is 0 Å². The van der Waals surface area contributed by atoms with Gasteiger partial charge in [0, 0.05) is 12.6 Å². The van der Waals surface area contributed by atoms with Gasteiger partial charge < -0.3 is 9.84 Å². The van der Waals surface area contributed by atoms with Crippen LogP contribution in [0.5, 0.6) is 5.75 Å². The quantitative estimate of drug-likeness (QED) is 0.918. The lowest BCUT2D eigenvalue weighted by Crippen LogP contribution is -2.49. The minimum absolute atomic E-state index is 0.211. The number of nitrogens with zero attached hydrogens (tertiary/aromatic N) is 1. The highest BCUT2D eigenvalue weighted by Crippen LogP contribution is 2.32. The number of likely N-dealkylation sites (N-methyl/N-ethyl adjacent to an activating group) is 1. The SMILES string of the molecule is COc1ccc(CN(C)C2C(C)CC(C)CC2O)cc1. The zero-order chi connectivity index (χ0) is 14.7. The summed E-state index contributed by atoms with van der Waals surface area (Å²) in [7, 11) is 3.80. The molecule has 0 heterocycles. The molecule has 0 radical (unpaired) electrons. The first-order valence-corrected chi connectivity index (χ1v) is 7.52. The van der Waals surface area contributed by atoms with Gasteiger partial charge >= 0.3 is 0 Å². The van der Waals surface area contributed by atoms with E-state index < -0.39 is 0 Å². The molecule has 4 atom stereocenters. The van der Waals surface area contributed by atoms with Crippen molar-refractivity contribution in [3.05, 3.63) is 29.8 Å². The normalized spacial score (nSPS) is 30.5. The Bertz CT molecular complexity index is 406. The Balaban J connectivity index is 2.01. The van der Waals surface area contributed by atoms with Crippen molar-refractivity contribution < 1.29 is 9.84 Å². The number of rotatable bonds is 4. The molecular formula is C17H27NO2. The van der Waals surface area contributed by atoms with Crippen LogP contribution in [0.2, 0.25) is 0 Å². The Labute approximate surface area is 122 Å².